The number of ether oxygens (including phenoxy) is 2. The van der Waals surface area contributed by atoms with Crippen LogP contribution in [-0.2, 0) is 6.42 Å². The molecule has 0 atom stereocenters. The highest BCUT2D eigenvalue weighted by Gasteiger charge is 2.26. The van der Waals surface area contributed by atoms with E-state index >= 15 is 0 Å². The second-order valence-corrected chi connectivity index (χ2v) is 6.33. The Labute approximate surface area is 140 Å². The third-order valence-corrected chi connectivity index (χ3v) is 3.94. The first-order valence-electron chi connectivity index (χ1n) is 7.76. The lowest BCUT2D eigenvalue weighted by Gasteiger charge is -2.29. The Morgan fingerprint density at radius 2 is 2.04 bits per heavy atom. The maximum atomic E-state index is 13.3. The maximum Gasteiger partial charge on any atom is 0.170 e. The molecule has 2 aromatic rings. The summed E-state index contributed by atoms with van der Waals surface area (Å²) < 4.78 is 24.7. The zero-order valence-electron chi connectivity index (χ0n) is 13.9. The van der Waals surface area contributed by atoms with Crippen molar-refractivity contribution in [3.63, 3.8) is 0 Å². The van der Waals surface area contributed by atoms with Gasteiger partial charge in [0.15, 0.2) is 5.78 Å². The number of halogens is 1. The molecule has 24 heavy (non-hydrogen) atoms. The van der Waals surface area contributed by atoms with Crippen LogP contribution in [0.25, 0.3) is 6.08 Å². The molecule has 0 bridgehead atoms. The number of fused-ring (bicyclic) bond motifs is 1. The van der Waals surface area contributed by atoms with Crippen LogP contribution < -0.4 is 9.47 Å². The minimum atomic E-state index is -0.398. The molecule has 0 saturated heterocycles. The third kappa shape index (κ3) is 3.18. The molecule has 3 rings (SSSR count). The molecule has 3 nitrogen and oxygen atoms in total. The second-order valence-electron chi connectivity index (χ2n) is 6.33. The molecule has 0 fully saturated rings. The van der Waals surface area contributed by atoms with Crippen LogP contribution in [0.5, 0.6) is 11.5 Å². The number of benzene rings is 2. The summed E-state index contributed by atoms with van der Waals surface area (Å²) in [5, 5.41) is 0. The Balaban J connectivity index is 1.95. The van der Waals surface area contributed by atoms with Gasteiger partial charge in [0, 0.05) is 6.42 Å². The number of ketones is 1. The molecule has 1 aliphatic heterocycles. The monoisotopic (exact) mass is 326 g/mol. The Morgan fingerprint density at radius 3 is 2.75 bits per heavy atom. The first-order chi connectivity index (χ1) is 11.4. The largest absolute Gasteiger partial charge is 0.495 e. The van der Waals surface area contributed by atoms with Crippen LogP contribution in [0, 0.1) is 5.82 Å². The summed E-state index contributed by atoms with van der Waals surface area (Å²) in [6, 6.07) is 9.54. The van der Waals surface area contributed by atoms with Crippen LogP contribution in [0.1, 0.15) is 35.3 Å². The third-order valence-electron chi connectivity index (χ3n) is 3.94. The van der Waals surface area contributed by atoms with Crippen LogP contribution >= 0.6 is 0 Å². The normalized spacial score (nSPS) is 14.7. The van der Waals surface area contributed by atoms with E-state index in [9.17, 15) is 9.18 Å². The van der Waals surface area contributed by atoms with Crippen LogP contribution in [0.15, 0.2) is 42.5 Å². The van der Waals surface area contributed by atoms with E-state index in [1.54, 1.807) is 24.3 Å². The topological polar surface area (TPSA) is 35.5 Å². The van der Waals surface area contributed by atoms with E-state index in [-0.39, 0.29) is 18.0 Å². The predicted octanol–water partition coefficient (Wildman–Crippen LogP) is 4.44. The zero-order chi connectivity index (χ0) is 17.3. The predicted molar refractivity (Wildman–Crippen MR) is 91.2 cm³/mol. The van der Waals surface area contributed by atoms with Gasteiger partial charge in [-0.25, -0.2) is 4.39 Å². The molecular formula is C20H19FO3. The summed E-state index contributed by atoms with van der Waals surface area (Å²) in [4.78, 5) is 12.7. The van der Waals surface area contributed by atoms with Gasteiger partial charge in [0.25, 0.3) is 0 Å². The minimum absolute atomic E-state index is 0.114. The number of methoxy groups -OCH3 is 1. The lowest BCUT2D eigenvalue weighted by atomic mass is 9.96. The van der Waals surface area contributed by atoms with Gasteiger partial charge in [-0.15, -0.1) is 0 Å². The molecule has 0 amide bonds. The SMILES string of the molecule is COc1c(C(=O)Cc2cccc(F)c2)ccc2c1C=CC(C)(C)O2. The van der Waals surface area contributed by atoms with Crippen molar-refractivity contribution in [3.05, 3.63) is 65.0 Å². The lowest BCUT2D eigenvalue weighted by molar-refractivity contribution is 0.0989. The Bertz CT molecular complexity index is 822. The quantitative estimate of drug-likeness (QED) is 0.779. The van der Waals surface area contributed by atoms with E-state index in [2.05, 4.69) is 0 Å². The standard InChI is InChI=1S/C20H19FO3/c1-20(2)10-9-16-18(24-20)8-7-15(19(16)23-3)17(22)12-13-5-4-6-14(21)11-13/h4-11H,12H2,1-3H3. The molecule has 0 saturated carbocycles. The molecule has 1 heterocycles. The molecule has 4 heteroatoms. The Hall–Kier alpha value is -2.62. The van der Waals surface area contributed by atoms with Crippen LogP contribution in [0.3, 0.4) is 0 Å². The summed E-state index contributed by atoms with van der Waals surface area (Å²) >= 11 is 0. The molecule has 0 N–H and O–H groups in total. The van der Waals surface area contributed by atoms with E-state index in [0.717, 1.165) is 5.56 Å². The molecule has 0 aliphatic carbocycles. The van der Waals surface area contributed by atoms with Crippen molar-refractivity contribution in [3.8, 4) is 11.5 Å². The van der Waals surface area contributed by atoms with E-state index in [4.69, 9.17) is 9.47 Å². The maximum absolute atomic E-state index is 13.3. The second kappa shape index (κ2) is 6.11. The van der Waals surface area contributed by atoms with Gasteiger partial charge in [-0.2, -0.15) is 0 Å². The van der Waals surface area contributed by atoms with Crippen molar-refractivity contribution in [2.24, 2.45) is 0 Å². The van der Waals surface area contributed by atoms with Gasteiger partial charge >= 0.3 is 0 Å². The van der Waals surface area contributed by atoms with Crippen molar-refractivity contribution in [1.82, 2.24) is 0 Å². The molecular weight excluding hydrogens is 307 g/mol. The number of rotatable bonds is 4. The fraction of sp³-hybridized carbons (Fsp3) is 0.250. The first kappa shape index (κ1) is 16.2. The summed E-state index contributed by atoms with van der Waals surface area (Å²) in [6.45, 7) is 3.92. The van der Waals surface area contributed by atoms with Crippen LogP contribution in [0.4, 0.5) is 4.39 Å². The van der Waals surface area contributed by atoms with Crippen molar-refractivity contribution in [1.29, 1.82) is 0 Å². The highest BCUT2D eigenvalue weighted by Crippen LogP contribution is 2.39. The molecule has 0 unspecified atom stereocenters. The number of Topliss-reactive ketones (excluding diaryl/α,β-unsaturated/α-hetero) is 1. The van der Waals surface area contributed by atoms with Crippen molar-refractivity contribution < 1.29 is 18.7 Å². The zero-order valence-corrected chi connectivity index (χ0v) is 13.9. The Morgan fingerprint density at radius 1 is 1.25 bits per heavy atom. The fourth-order valence-corrected chi connectivity index (χ4v) is 2.80. The molecule has 0 aromatic heterocycles. The number of hydrogen-bond donors (Lipinski definition) is 0. The molecule has 1 aliphatic rings. The van der Waals surface area contributed by atoms with E-state index in [0.29, 0.717) is 22.6 Å². The molecule has 2 aromatic carbocycles. The van der Waals surface area contributed by atoms with Crippen molar-refractivity contribution in [2.75, 3.05) is 7.11 Å². The van der Waals surface area contributed by atoms with Crippen LogP contribution in [0.2, 0.25) is 0 Å². The summed E-state index contributed by atoms with van der Waals surface area (Å²) in [6.07, 6.45) is 3.96. The van der Waals surface area contributed by atoms with Crippen molar-refractivity contribution >= 4 is 11.9 Å². The lowest BCUT2D eigenvalue weighted by Crippen LogP contribution is -2.27. The van der Waals surface area contributed by atoms with Crippen molar-refractivity contribution in [2.45, 2.75) is 25.9 Å². The minimum Gasteiger partial charge on any atom is -0.495 e. The fourth-order valence-electron chi connectivity index (χ4n) is 2.80. The van der Waals surface area contributed by atoms with E-state index < -0.39 is 5.60 Å². The van der Waals surface area contributed by atoms with E-state index in [1.165, 1.54) is 19.2 Å². The van der Waals surface area contributed by atoms with Gasteiger partial charge < -0.3 is 9.47 Å². The van der Waals surface area contributed by atoms with Gasteiger partial charge in [0.2, 0.25) is 0 Å². The average Bonchev–Trinajstić information content (AvgIpc) is 2.52. The summed E-state index contributed by atoms with van der Waals surface area (Å²) in [5.41, 5.74) is 1.45. The van der Waals surface area contributed by atoms with Gasteiger partial charge in [0.05, 0.1) is 18.2 Å². The van der Waals surface area contributed by atoms with Gasteiger partial charge in [-0.05, 0) is 55.8 Å². The highest BCUT2D eigenvalue weighted by molar-refractivity contribution is 6.01. The number of hydrogen-bond acceptors (Lipinski definition) is 3. The summed E-state index contributed by atoms with van der Waals surface area (Å²) in [5.74, 6) is 0.692. The van der Waals surface area contributed by atoms with Gasteiger partial charge in [-0.1, -0.05) is 12.1 Å². The molecule has 0 spiro atoms. The Kier molecular flexibility index (Phi) is 4.14. The summed E-state index contributed by atoms with van der Waals surface area (Å²) in [7, 11) is 1.53. The molecule has 124 valence electrons. The van der Waals surface area contributed by atoms with E-state index in [1.807, 2.05) is 26.0 Å². The first-order valence-corrected chi connectivity index (χ1v) is 7.76. The molecule has 0 radical (unpaired) electrons. The van der Waals surface area contributed by atoms with Crippen LogP contribution in [-0.4, -0.2) is 18.5 Å². The smallest absolute Gasteiger partial charge is 0.170 e. The number of carbonyl (C=O) groups is 1. The van der Waals surface area contributed by atoms with Gasteiger partial charge in [-0.3, -0.25) is 4.79 Å². The average molecular weight is 326 g/mol. The number of carbonyl (C=O) groups excluding carboxylic acids is 1. The van der Waals surface area contributed by atoms with Gasteiger partial charge in [0.1, 0.15) is 22.9 Å². The highest BCUT2D eigenvalue weighted by atomic mass is 19.1.